The van der Waals surface area contributed by atoms with Gasteiger partial charge >= 0.3 is 0 Å². The van der Waals surface area contributed by atoms with Gasteiger partial charge in [-0.05, 0) is 18.6 Å². The van der Waals surface area contributed by atoms with Gasteiger partial charge in [0, 0.05) is 13.5 Å². The highest BCUT2D eigenvalue weighted by atomic mass is 35.5. The summed E-state index contributed by atoms with van der Waals surface area (Å²) in [6.07, 6.45) is 0.515. The molecule has 3 nitrogen and oxygen atoms in total. The molecule has 2 rings (SSSR count). The summed E-state index contributed by atoms with van der Waals surface area (Å²) in [5.74, 6) is 0. The van der Waals surface area contributed by atoms with Crippen LogP contribution in [0.4, 0.5) is 5.69 Å². The summed E-state index contributed by atoms with van der Waals surface area (Å²) in [5, 5.41) is 10.7. The van der Waals surface area contributed by atoms with Gasteiger partial charge in [0.05, 0.1) is 5.69 Å². The molecule has 0 bridgehead atoms. The molecule has 1 aromatic heterocycles. The Morgan fingerprint density at radius 2 is 2.21 bits per heavy atom. The molecule has 0 spiro atoms. The second kappa shape index (κ2) is 2.99. The molecule has 1 aliphatic rings. The zero-order valence-corrected chi connectivity index (χ0v) is 9.39. The lowest BCUT2D eigenvalue weighted by Gasteiger charge is -2.28. The van der Waals surface area contributed by atoms with Crippen LogP contribution in [0.1, 0.15) is 12.5 Å². The van der Waals surface area contributed by atoms with Gasteiger partial charge < -0.3 is 10.0 Å². The van der Waals surface area contributed by atoms with Crippen molar-refractivity contribution in [1.29, 1.82) is 0 Å². The molecule has 0 saturated heterocycles. The van der Waals surface area contributed by atoms with Crippen LogP contribution in [-0.4, -0.2) is 22.9 Å². The number of hydrogen-bond acceptors (Lipinski definition) is 3. The minimum Gasteiger partial charge on any atom is -0.371 e. The summed E-state index contributed by atoms with van der Waals surface area (Å²) in [6.45, 7) is 1.73. The first-order valence-electron chi connectivity index (χ1n) is 4.23. The van der Waals surface area contributed by atoms with Crippen molar-refractivity contribution in [2.24, 2.45) is 0 Å². The van der Waals surface area contributed by atoms with E-state index in [1.165, 1.54) is 0 Å². The predicted octanol–water partition coefficient (Wildman–Crippen LogP) is 2.09. The summed E-state index contributed by atoms with van der Waals surface area (Å²) in [7, 11) is 1.79. The van der Waals surface area contributed by atoms with Crippen molar-refractivity contribution in [2.75, 3.05) is 11.9 Å². The first-order valence-corrected chi connectivity index (χ1v) is 4.98. The number of hydrogen-bond donors (Lipinski definition) is 1. The van der Waals surface area contributed by atoms with Crippen LogP contribution in [0.15, 0.2) is 6.07 Å². The summed E-state index contributed by atoms with van der Waals surface area (Å²) < 4.78 is 0. The molecular weight excluding hydrogens is 223 g/mol. The van der Waals surface area contributed by atoms with Crippen molar-refractivity contribution in [3.05, 3.63) is 21.9 Å². The second-order valence-electron chi connectivity index (χ2n) is 3.70. The van der Waals surface area contributed by atoms with Crippen LogP contribution in [0, 0.1) is 0 Å². The Kier molecular flexibility index (Phi) is 2.14. The van der Waals surface area contributed by atoms with Crippen molar-refractivity contribution in [3.8, 4) is 0 Å². The Morgan fingerprint density at radius 1 is 1.57 bits per heavy atom. The van der Waals surface area contributed by atoms with Crippen LogP contribution in [0.5, 0.6) is 0 Å². The van der Waals surface area contributed by atoms with Crippen LogP contribution >= 0.6 is 23.2 Å². The third-order valence-electron chi connectivity index (χ3n) is 2.58. The van der Waals surface area contributed by atoms with E-state index in [2.05, 4.69) is 4.98 Å². The molecule has 2 heterocycles. The van der Waals surface area contributed by atoms with E-state index in [1.54, 1.807) is 24.9 Å². The predicted molar refractivity (Wildman–Crippen MR) is 57.0 cm³/mol. The second-order valence-corrected chi connectivity index (χ2v) is 4.44. The van der Waals surface area contributed by atoms with E-state index in [-0.39, 0.29) is 0 Å². The van der Waals surface area contributed by atoms with Crippen molar-refractivity contribution in [1.82, 2.24) is 4.98 Å². The van der Waals surface area contributed by atoms with Crippen LogP contribution in [0.25, 0.3) is 0 Å². The van der Waals surface area contributed by atoms with Crippen LogP contribution in [-0.2, 0) is 6.42 Å². The molecule has 0 aliphatic carbocycles. The maximum absolute atomic E-state index is 10.00. The summed E-state index contributed by atoms with van der Waals surface area (Å²) in [5.41, 5.74) is 0.793. The molecular formula is C9H10Cl2N2O. The molecule has 14 heavy (non-hydrogen) atoms. The molecule has 5 heteroatoms. The zero-order valence-electron chi connectivity index (χ0n) is 7.88. The van der Waals surface area contributed by atoms with Crippen LogP contribution < -0.4 is 4.90 Å². The molecule has 1 atom stereocenters. The molecule has 0 radical (unpaired) electrons. The van der Waals surface area contributed by atoms with E-state index in [1.807, 2.05) is 0 Å². The summed E-state index contributed by atoms with van der Waals surface area (Å²) in [4.78, 5) is 5.66. The third-order valence-corrected chi connectivity index (χ3v) is 3.04. The van der Waals surface area contributed by atoms with Crippen LogP contribution in [0.3, 0.4) is 0 Å². The minimum absolute atomic E-state index is 0.341. The molecule has 76 valence electrons. The quantitative estimate of drug-likeness (QED) is 0.697. The molecule has 0 amide bonds. The Hall–Kier alpha value is -0.510. The minimum atomic E-state index is -0.904. The number of halogens is 2. The molecule has 1 aliphatic heterocycles. The highest BCUT2D eigenvalue weighted by molar-refractivity contribution is 6.34. The molecule has 0 saturated carbocycles. The van der Waals surface area contributed by atoms with Gasteiger partial charge in [-0.2, -0.15) is 0 Å². The fourth-order valence-electron chi connectivity index (χ4n) is 1.73. The van der Waals surface area contributed by atoms with Gasteiger partial charge in [0.25, 0.3) is 0 Å². The highest BCUT2D eigenvalue weighted by Gasteiger charge is 2.37. The van der Waals surface area contributed by atoms with Crippen LogP contribution in [0.2, 0.25) is 10.3 Å². The maximum Gasteiger partial charge on any atom is 0.154 e. The Morgan fingerprint density at radius 3 is 2.86 bits per heavy atom. The van der Waals surface area contributed by atoms with Gasteiger partial charge in [-0.25, -0.2) is 4.98 Å². The largest absolute Gasteiger partial charge is 0.371 e. The van der Waals surface area contributed by atoms with E-state index in [0.29, 0.717) is 16.7 Å². The smallest absolute Gasteiger partial charge is 0.154 e. The molecule has 1 unspecified atom stereocenters. The molecule has 0 aromatic carbocycles. The van der Waals surface area contributed by atoms with E-state index in [0.717, 1.165) is 11.3 Å². The SMILES string of the molecule is CN1c2c(cc(Cl)nc2Cl)CC1(C)O. The van der Waals surface area contributed by atoms with Gasteiger partial charge in [-0.3, -0.25) is 0 Å². The van der Waals surface area contributed by atoms with Crippen molar-refractivity contribution in [2.45, 2.75) is 19.1 Å². The third kappa shape index (κ3) is 1.36. The molecule has 1 N–H and O–H groups in total. The summed E-state index contributed by atoms with van der Waals surface area (Å²) >= 11 is 11.7. The first kappa shape index (κ1) is 10.0. The van der Waals surface area contributed by atoms with Gasteiger partial charge in [-0.1, -0.05) is 23.2 Å². The average Bonchev–Trinajstić information content (AvgIpc) is 2.21. The Balaban J connectivity index is 2.59. The molecule has 1 aromatic rings. The van der Waals surface area contributed by atoms with Crippen molar-refractivity contribution < 1.29 is 5.11 Å². The number of fused-ring (bicyclic) bond motifs is 1. The van der Waals surface area contributed by atoms with Gasteiger partial charge in [0.15, 0.2) is 5.15 Å². The topological polar surface area (TPSA) is 36.4 Å². The lowest BCUT2D eigenvalue weighted by Crippen LogP contribution is -2.40. The normalized spacial score (nSPS) is 25.4. The Bertz CT molecular complexity index is 393. The number of pyridine rings is 1. The van der Waals surface area contributed by atoms with Gasteiger partial charge in [0.2, 0.25) is 0 Å². The van der Waals surface area contributed by atoms with E-state index < -0.39 is 5.72 Å². The first-order chi connectivity index (χ1) is 6.42. The van der Waals surface area contributed by atoms with Gasteiger partial charge in [-0.15, -0.1) is 0 Å². The number of anilines is 1. The highest BCUT2D eigenvalue weighted by Crippen LogP contribution is 2.40. The number of rotatable bonds is 0. The number of nitrogens with zero attached hydrogens (tertiary/aromatic N) is 2. The van der Waals surface area contributed by atoms with E-state index in [9.17, 15) is 5.11 Å². The number of likely N-dealkylation sites (N-methyl/N-ethyl adjacent to an activating group) is 1. The zero-order chi connectivity index (χ0) is 10.5. The fourth-order valence-corrected chi connectivity index (χ4v) is 2.33. The van der Waals surface area contributed by atoms with Crippen molar-refractivity contribution in [3.63, 3.8) is 0 Å². The lowest BCUT2D eigenvalue weighted by molar-refractivity contribution is 0.0709. The maximum atomic E-state index is 10.00. The average molecular weight is 233 g/mol. The standard InChI is InChI=1S/C9H10Cl2N2O/c1-9(14)4-5-3-6(10)12-8(11)7(5)13(9)2/h3,14H,4H2,1-2H3. The van der Waals surface area contributed by atoms with Gasteiger partial charge in [0.1, 0.15) is 10.9 Å². The summed E-state index contributed by atoms with van der Waals surface area (Å²) in [6, 6.07) is 1.74. The number of aromatic nitrogens is 1. The molecule has 0 fully saturated rings. The number of aliphatic hydroxyl groups is 1. The monoisotopic (exact) mass is 232 g/mol. The van der Waals surface area contributed by atoms with E-state index in [4.69, 9.17) is 23.2 Å². The van der Waals surface area contributed by atoms with Crippen molar-refractivity contribution >= 4 is 28.9 Å². The fraction of sp³-hybridized carbons (Fsp3) is 0.444. The lowest BCUT2D eigenvalue weighted by atomic mass is 10.1. The van der Waals surface area contributed by atoms with E-state index >= 15 is 0 Å². The Labute approximate surface area is 92.3 Å².